The Bertz CT molecular complexity index is 1150. The van der Waals surface area contributed by atoms with Crippen LogP contribution in [-0.4, -0.2) is 58.9 Å². The molecule has 3 aromatic rings. The van der Waals surface area contributed by atoms with Crippen molar-refractivity contribution in [3.05, 3.63) is 45.5 Å². The summed E-state index contributed by atoms with van der Waals surface area (Å²) in [5.74, 6) is 0.271. The third-order valence-electron chi connectivity index (χ3n) is 4.86. The second kappa shape index (κ2) is 6.91. The fraction of sp³-hybridized carbons (Fsp3) is 0.412. The summed E-state index contributed by atoms with van der Waals surface area (Å²) in [7, 11) is 2.94. The van der Waals surface area contributed by atoms with E-state index in [1.807, 2.05) is 0 Å². The number of amides is 1. The van der Waals surface area contributed by atoms with Crippen molar-refractivity contribution in [2.24, 2.45) is 14.1 Å². The monoisotopic (exact) mass is 385 g/mol. The van der Waals surface area contributed by atoms with E-state index < -0.39 is 11.2 Å². The Balaban J connectivity index is 1.50. The second-order valence-corrected chi connectivity index (χ2v) is 6.68. The van der Waals surface area contributed by atoms with Gasteiger partial charge in [-0.3, -0.25) is 18.7 Å². The number of carbonyl (C=O) groups excluding carboxylic acids is 1. The van der Waals surface area contributed by atoms with Crippen molar-refractivity contribution < 1.29 is 9.53 Å². The first kappa shape index (κ1) is 17.9. The summed E-state index contributed by atoms with van der Waals surface area (Å²) in [5, 5.41) is 7.65. The number of fused-ring (bicyclic) bond motifs is 1. The number of hydrogen-bond donors (Lipinski definition) is 0. The lowest BCUT2D eigenvalue weighted by molar-refractivity contribution is -0.131. The van der Waals surface area contributed by atoms with Gasteiger partial charge >= 0.3 is 5.69 Å². The van der Waals surface area contributed by atoms with Crippen molar-refractivity contribution in [2.45, 2.75) is 19.1 Å². The van der Waals surface area contributed by atoms with Crippen molar-refractivity contribution in [1.29, 1.82) is 0 Å². The molecule has 0 saturated carbocycles. The van der Waals surface area contributed by atoms with Crippen LogP contribution in [0.2, 0.25) is 0 Å². The van der Waals surface area contributed by atoms with E-state index in [-0.39, 0.29) is 29.7 Å². The quantitative estimate of drug-likeness (QED) is 0.560. The molecule has 0 aromatic carbocycles. The lowest BCUT2D eigenvalue weighted by Gasteiger charge is -2.17. The van der Waals surface area contributed by atoms with Crippen molar-refractivity contribution in [3.63, 3.8) is 0 Å². The Kier molecular flexibility index (Phi) is 4.41. The molecule has 11 nitrogen and oxygen atoms in total. The third-order valence-corrected chi connectivity index (χ3v) is 4.86. The third kappa shape index (κ3) is 3.04. The van der Waals surface area contributed by atoms with Gasteiger partial charge in [-0.1, -0.05) is 0 Å². The highest BCUT2D eigenvalue weighted by Gasteiger charge is 2.28. The molecule has 146 valence electrons. The first-order valence-corrected chi connectivity index (χ1v) is 8.78. The molecule has 4 heterocycles. The smallest absolute Gasteiger partial charge is 0.332 e. The van der Waals surface area contributed by atoms with Crippen LogP contribution < -0.4 is 16.0 Å². The number of aryl methyl sites for hydroxylation is 1. The maximum Gasteiger partial charge on any atom is 0.332 e. The minimum atomic E-state index is -0.478. The van der Waals surface area contributed by atoms with E-state index in [1.165, 1.54) is 29.6 Å². The molecule has 1 amide bonds. The molecular weight excluding hydrogens is 366 g/mol. The molecule has 0 spiro atoms. The maximum absolute atomic E-state index is 12.7. The number of carbonyl (C=O) groups is 1. The highest BCUT2D eigenvalue weighted by molar-refractivity contribution is 5.79. The molecule has 0 N–H and O–H groups in total. The Labute approximate surface area is 158 Å². The second-order valence-electron chi connectivity index (χ2n) is 6.68. The molecule has 0 radical (unpaired) electrons. The molecule has 1 atom stereocenters. The number of nitrogens with zero attached hydrogens (tertiary/aromatic N) is 7. The molecule has 1 saturated heterocycles. The van der Waals surface area contributed by atoms with Gasteiger partial charge in [-0.25, -0.2) is 9.78 Å². The van der Waals surface area contributed by atoms with Crippen LogP contribution in [0.3, 0.4) is 0 Å². The predicted molar refractivity (Wildman–Crippen MR) is 97.9 cm³/mol. The first-order chi connectivity index (χ1) is 13.5. The molecule has 0 bridgehead atoms. The van der Waals surface area contributed by atoms with Crippen LogP contribution in [0.15, 0.2) is 34.2 Å². The molecule has 0 aliphatic carbocycles. The number of ether oxygens (including phenoxy) is 1. The largest absolute Gasteiger partial charge is 0.471 e. The summed E-state index contributed by atoms with van der Waals surface area (Å²) in [5.41, 5.74) is -0.456. The SMILES string of the molecule is Cn1c(=O)c2c(ncn2CC(=O)N2CCC(Oc3cccnn3)C2)n(C)c1=O. The van der Waals surface area contributed by atoms with E-state index in [2.05, 4.69) is 15.2 Å². The van der Waals surface area contributed by atoms with Gasteiger partial charge in [0.2, 0.25) is 11.8 Å². The highest BCUT2D eigenvalue weighted by Crippen LogP contribution is 2.16. The van der Waals surface area contributed by atoms with Gasteiger partial charge < -0.3 is 14.2 Å². The molecule has 4 rings (SSSR count). The van der Waals surface area contributed by atoms with Gasteiger partial charge in [0.15, 0.2) is 11.2 Å². The van der Waals surface area contributed by atoms with Crippen LogP contribution in [0.4, 0.5) is 0 Å². The minimum absolute atomic E-state index is 0.0399. The number of hydrogen-bond acceptors (Lipinski definition) is 7. The average molecular weight is 385 g/mol. The van der Waals surface area contributed by atoms with Gasteiger partial charge in [-0.15, -0.1) is 5.10 Å². The molecular formula is C17H19N7O4. The van der Waals surface area contributed by atoms with Crippen LogP contribution >= 0.6 is 0 Å². The Morgan fingerprint density at radius 1 is 1.29 bits per heavy atom. The fourth-order valence-corrected chi connectivity index (χ4v) is 3.33. The van der Waals surface area contributed by atoms with Crippen molar-refractivity contribution in [3.8, 4) is 5.88 Å². The summed E-state index contributed by atoms with van der Waals surface area (Å²) in [4.78, 5) is 43.0. The highest BCUT2D eigenvalue weighted by atomic mass is 16.5. The number of likely N-dealkylation sites (tertiary alicyclic amines) is 1. The molecule has 1 aliphatic heterocycles. The molecule has 28 heavy (non-hydrogen) atoms. The lowest BCUT2D eigenvalue weighted by atomic mass is 10.3. The molecule has 1 unspecified atom stereocenters. The molecule has 1 fully saturated rings. The normalized spacial score (nSPS) is 16.6. The minimum Gasteiger partial charge on any atom is -0.471 e. The number of imidazole rings is 1. The molecule has 11 heteroatoms. The average Bonchev–Trinajstić information content (AvgIpc) is 3.33. The lowest BCUT2D eigenvalue weighted by Crippen LogP contribution is -2.38. The van der Waals surface area contributed by atoms with Crippen molar-refractivity contribution in [1.82, 2.24) is 33.8 Å². The maximum atomic E-state index is 12.7. The van der Waals surface area contributed by atoms with Gasteiger partial charge in [0, 0.05) is 39.3 Å². The van der Waals surface area contributed by atoms with E-state index in [9.17, 15) is 14.4 Å². The van der Waals surface area contributed by atoms with Crippen LogP contribution in [0.5, 0.6) is 5.88 Å². The Morgan fingerprint density at radius 2 is 2.11 bits per heavy atom. The number of rotatable bonds is 4. The number of aromatic nitrogens is 6. The summed E-state index contributed by atoms with van der Waals surface area (Å²) in [6, 6.07) is 3.45. The van der Waals surface area contributed by atoms with Gasteiger partial charge in [0.05, 0.1) is 12.9 Å². The standard InChI is InChI=1S/C17H19N7O4/c1-21-15-14(16(26)22(2)17(21)27)24(10-18-15)9-13(25)23-7-5-11(8-23)28-12-4-3-6-19-20-12/h3-4,6,10-11H,5,7-9H2,1-2H3. The molecule has 1 aliphatic rings. The zero-order valence-electron chi connectivity index (χ0n) is 15.5. The summed E-state index contributed by atoms with van der Waals surface area (Å²) < 4.78 is 9.52. The van der Waals surface area contributed by atoms with E-state index in [1.54, 1.807) is 23.2 Å². The first-order valence-electron chi connectivity index (χ1n) is 8.78. The summed E-state index contributed by atoms with van der Waals surface area (Å²) in [6.07, 6.45) is 3.50. The van der Waals surface area contributed by atoms with Gasteiger partial charge in [-0.2, -0.15) is 5.10 Å². The van der Waals surface area contributed by atoms with E-state index in [0.29, 0.717) is 25.4 Å². The summed E-state index contributed by atoms with van der Waals surface area (Å²) >= 11 is 0. The zero-order chi connectivity index (χ0) is 19.8. The zero-order valence-corrected chi connectivity index (χ0v) is 15.5. The van der Waals surface area contributed by atoms with E-state index in [4.69, 9.17) is 4.74 Å². The Hall–Kier alpha value is -3.50. The van der Waals surface area contributed by atoms with Gasteiger partial charge in [-0.05, 0) is 6.07 Å². The van der Waals surface area contributed by atoms with Crippen LogP contribution in [0, 0.1) is 0 Å². The predicted octanol–water partition coefficient (Wildman–Crippen LogP) is -1.10. The van der Waals surface area contributed by atoms with Crippen molar-refractivity contribution in [2.75, 3.05) is 13.1 Å². The Morgan fingerprint density at radius 3 is 2.86 bits per heavy atom. The van der Waals surface area contributed by atoms with Crippen LogP contribution in [0.25, 0.3) is 11.2 Å². The molecule has 3 aromatic heterocycles. The van der Waals surface area contributed by atoms with Gasteiger partial charge in [0.1, 0.15) is 12.6 Å². The topological polar surface area (TPSA) is 117 Å². The summed E-state index contributed by atoms with van der Waals surface area (Å²) in [6.45, 7) is 0.938. The van der Waals surface area contributed by atoms with Crippen molar-refractivity contribution >= 4 is 17.1 Å². The van der Waals surface area contributed by atoms with Gasteiger partial charge in [0.25, 0.3) is 5.56 Å². The van der Waals surface area contributed by atoms with E-state index in [0.717, 1.165) is 4.57 Å². The van der Waals surface area contributed by atoms with Crippen LogP contribution in [-0.2, 0) is 25.4 Å². The fourth-order valence-electron chi connectivity index (χ4n) is 3.33. The van der Waals surface area contributed by atoms with Crippen LogP contribution in [0.1, 0.15) is 6.42 Å². The van der Waals surface area contributed by atoms with E-state index >= 15 is 0 Å².